The number of aromatic nitrogens is 2. The molecule has 0 spiro atoms. The largest absolute Gasteiger partial charge is 0.497 e. The fraction of sp³-hybridized carbons (Fsp3) is 0.500. The van der Waals surface area contributed by atoms with Gasteiger partial charge < -0.3 is 20.3 Å². The van der Waals surface area contributed by atoms with Crippen LogP contribution in [0.15, 0.2) is 24.3 Å². The molecule has 1 aromatic heterocycles. The van der Waals surface area contributed by atoms with Crippen LogP contribution < -0.4 is 15.4 Å². The second-order valence-electron chi connectivity index (χ2n) is 7.91. The molecule has 1 fully saturated rings. The molecule has 2 N–H and O–H groups in total. The summed E-state index contributed by atoms with van der Waals surface area (Å²) in [7, 11) is 1.57. The van der Waals surface area contributed by atoms with E-state index >= 15 is 0 Å². The average Bonchev–Trinajstić information content (AvgIpc) is 3.30. The molecule has 0 unspecified atom stereocenters. The van der Waals surface area contributed by atoms with Crippen molar-refractivity contribution < 1.29 is 19.1 Å². The maximum atomic E-state index is 12.8. The summed E-state index contributed by atoms with van der Waals surface area (Å²) in [5.74, 6) is 0.377. The fourth-order valence-corrected chi connectivity index (χ4v) is 4.14. The van der Waals surface area contributed by atoms with Crippen LogP contribution in [0.5, 0.6) is 5.75 Å². The maximum absolute atomic E-state index is 12.8. The predicted octanol–water partition coefficient (Wildman–Crippen LogP) is 2.96. The first-order chi connectivity index (χ1) is 15.4. The normalized spacial score (nSPS) is 15.2. The fourth-order valence-electron chi connectivity index (χ4n) is 3.43. The minimum absolute atomic E-state index is 0.0702. The number of nitrogens with zero attached hydrogens (tertiary/aromatic N) is 3. The predicted molar refractivity (Wildman–Crippen MR) is 122 cm³/mol. The van der Waals surface area contributed by atoms with Crippen molar-refractivity contribution >= 4 is 34.7 Å². The van der Waals surface area contributed by atoms with Gasteiger partial charge in [0, 0.05) is 31.2 Å². The molecule has 1 saturated heterocycles. The first-order valence-electron chi connectivity index (χ1n) is 10.8. The Hall–Kier alpha value is -3.01. The van der Waals surface area contributed by atoms with Crippen LogP contribution in [0.3, 0.4) is 0 Å². The molecule has 1 aliphatic heterocycles. The molecule has 10 heteroatoms. The molecule has 172 valence electrons. The van der Waals surface area contributed by atoms with Crippen molar-refractivity contribution in [2.24, 2.45) is 5.92 Å². The summed E-state index contributed by atoms with van der Waals surface area (Å²) in [6.07, 6.45) is 2.92. The van der Waals surface area contributed by atoms with Gasteiger partial charge in [-0.1, -0.05) is 18.3 Å². The zero-order chi connectivity index (χ0) is 23.1. The van der Waals surface area contributed by atoms with Crippen molar-refractivity contribution in [3.8, 4) is 5.75 Å². The van der Waals surface area contributed by atoms with E-state index in [-0.39, 0.29) is 33.8 Å². The van der Waals surface area contributed by atoms with Gasteiger partial charge in [0.1, 0.15) is 5.75 Å². The van der Waals surface area contributed by atoms with E-state index in [4.69, 9.17) is 4.74 Å². The lowest BCUT2D eigenvalue weighted by molar-refractivity contribution is -0.122. The average molecular weight is 460 g/mol. The quantitative estimate of drug-likeness (QED) is 0.627. The highest BCUT2D eigenvalue weighted by atomic mass is 32.1. The molecular formula is C22H29N5O4S. The van der Waals surface area contributed by atoms with Gasteiger partial charge in [0.25, 0.3) is 11.8 Å². The van der Waals surface area contributed by atoms with Crippen molar-refractivity contribution in [2.75, 3.05) is 25.5 Å². The number of hydrogen-bond donors (Lipinski definition) is 2. The number of rotatable bonds is 8. The van der Waals surface area contributed by atoms with E-state index in [2.05, 4.69) is 20.8 Å². The molecule has 1 aromatic carbocycles. The SMILES string of the molecule is CC[C@H](C)NC(=O)CC1CCN(C(=O)c2nnc(C(=O)Nc3ccc(OC)cc3)s2)CC1. The summed E-state index contributed by atoms with van der Waals surface area (Å²) in [4.78, 5) is 39.0. The molecule has 1 aliphatic rings. The number of carbonyl (C=O) groups is 3. The lowest BCUT2D eigenvalue weighted by Crippen LogP contribution is -2.40. The highest BCUT2D eigenvalue weighted by molar-refractivity contribution is 7.15. The summed E-state index contributed by atoms with van der Waals surface area (Å²) < 4.78 is 5.10. The topological polar surface area (TPSA) is 114 Å². The maximum Gasteiger partial charge on any atom is 0.286 e. The van der Waals surface area contributed by atoms with Crippen molar-refractivity contribution in [3.63, 3.8) is 0 Å². The number of anilines is 1. The monoisotopic (exact) mass is 459 g/mol. The number of hydrogen-bond acceptors (Lipinski definition) is 7. The third-order valence-corrected chi connectivity index (χ3v) is 6.46. The van der Waals surface area contributed by atoms with Crippen LogP contribution in [0.25, 0.3) is 0 Å². The third kappa shape index (κ3) is 6.25. The van der Waals surface area contributed by atoms with Gasteiger partial charge in [-0.25, -0.2) is 0 Å². The summed E-state index contributed by atoms with van der Waals surface area (Å²) in [5, 5.41) is 13.9. The molecule has 1 atom stereocenters. The molecule has 0 aliphatic carbocycles. The van der Waals surface area contributed by atoms with Crippen LogP contribution >= 0.6 is 11.3 Å². The van der Waals surface area contributed by atoms with Gasteiger partial charge in [0.05, 0.1) is 7.11 Å². The summed E-state index contributed by atoms with van der Waals surface area (Å²) in [6, 6.07) is 7.09. The number of ether oxygens (including phenoxy) is 1. The lowest BCUT2D eigenvalue weighted by Gasteiger charge is -2.31. The Balaban J connectivity index is 1.50. The molecule has 2 aromatic rings. The number of methoxy groups -OCH3 is 1. The Morgan fingerprint density at radius 2 is 1.81 bits per heavy atom. The van der Waals surface area contributed by atoms with Gasteiger partial charge in [-0.15, -0.1) is 10.2 Å². The summed E-state index contributed by atoms with van der Waals surface area (Å²) >= 11 is 0.976. The number of piperidine rings is 1. The standard InChI is InChI=1S/C22H29N5O4S/c1-4-14(2)23-18(28)13-15-9-11-27(12-10-15)22(30)21-26-25-20(32-21)19(29)24-16-5-7-17(31-3)8-6-16/h5-8,14-15H,4,9-13H2,1-3H3,(H,23,28)(H,24,29)/t14-/m0/s1. The molecule has 32 heavy (non-hydrogen) atoms. The van der Waals surface area contributed by atoms with Gasteiger partial charge in [-0.3, -0.25) is 14.4 Å². The van der Waals surface area contributed by atoms with Crippen LogP contribution in [-0.2, 0) is 4.79 Å². The van der Waals surface area contributed by atoms with E-state index < -0.39 is 5.91 Å². The van der Waals surface area contributed by atoms with Crippen LogP contribution in [0, 0.1) is 5.92 Å². The van der Waals surface area contributed by atoms with Crippen LogP contribution in [-0.4, -0.2) is 59.1 Å². The molecule has 3 rings (SSSR count). The van der Waals surface area contributed by atoms with Crippen molar-refractivity contribution in [3.05, 3.63) is 34.3 Å². The van der Waals surface area contributed by atoms with Gasteiger partial charge in [-0.2, -0.15) is 0 Å². The minimum Gasteiger partial charge on any atom is -0.497 e. The van der Waals surface area contributed by atoms with Gasteiger partial charge in [0.15, 0.2) is 0 Å². The Labute approximate surface area is 191 Å². The molecular weight excluding hydrogens is 430 g/mol. The molecule has 3 amide bonds. The number of likely N-dealkylation sites (tertiary alicyclic amines) is 1. The molecule has 0 bridgehead atoms. The molecule has 0 saturated carbocycles. The van der Waals surface area contributed by atoms with E-state index in [1.807, 2.05) is 13.8 Å². The molecule has 2 heterocycles. The van der Waals surface area contributed by atoms with E-state index in [0.717, 1.165) is 30.6 Å². The number of carbonyl (C=O) groups excluding carboxylic acids is 3. The first-order valence-corrected chi connectivity index (χ1v) is 11.6. The van der Waals surface area contributed by atoms with Gasteiger partial charge >= 0.3 is 0 Å². The highest BCUT2D eigenvalue weighted by Gasteiger charge is 2.28. The van der Waals surface area contributed by atoms with Crippen molar-refractivity contribution in [1.29, 1.82) is 0 Å². The Kier molecular flexibility index (Phi) is 8.15. The van der Waals surface area contributed by atoms with Gasteiger partial charge in [-0.05, 0) is 56.4 Å². The third-order valence-electron chi connectivity index (χ3n) is 5.55. The zero-order valence-electron chi connectivity index (χ0n) is 18.6. The van der Waals surface area contributed by atoms with E-state index in [9.17, 15) is 14.4 Å². The molecule has 9 nitrogen and oxygen atoms in total. The van der Waals surface area contributed by atoms with Gasteiger partial charge in [0.2, 0.25) is 15.9 Å². The summed E-state index contributed by atoms with van der Waals surface area (Å²) in [6.45, 7) is 5.16. The Morgan fingerprint density at radius 1 is 1.16 bits per heavy atom. The lowest BCUT2D eigenvalue weighted by atomic mass is 9.93. The van der Waals surface area contributed by atoms with Crippen molar-refractivity contribution in [2.45, 2.75) is 45.6 Å². The number of amides is 3. The van der Waals surface area contributed by atoms with Crippen LogP contribution in [0.1, 0.15) is 59.1 Å². The second kappa shape index (κ2) is 11.0. The number of nitrogens with one attached hydrogen (secondary N) is 2. The van der Waals surface area contributed by atoms with Crippen molar-refractivity contribution in [1.82, 2.24) is 20.4 Å². The second-order valence-corrected chi connectivity index (χ2v) is 8.89. The zero-order valence-corrected chi connectivity index (χ0v) is 19.4. The highest BCUT2D eigenvalue weighted by Crippen LogP contribution is 2.23. The van der Waals surface area contributed by atoms with Crippen LogP contribution in [0.4, 0.5) is 5.69 Å². The summed E-state index contributed by atoms with van der Waals surface area (Å²) in [5.41, 5.74) is 0.596. The number of benzene rings is 1. The van der Waals surface area contributed by atoms with E-state index in [1.165, 1.54) is 0 Å². The Bertz CT molecular complexity index is 938. The van der Waals surface area contributed by atoms with E-state index in [0.29, 0.717) is 30.9 Å². The van der Waals surface area contributed by atoms with E-state index in [1.54, 1.807) is 36.3 Å². The minimum atomic E-state index is -0.419. The first kappa shape index (κ1) is 23.6. The molecule has 0 radical (unpaired) electrons. The Morgan fingerprint density at radius 3 is 2.44 bits per heavy atom. The van der Waals surface area contributed by atoms with Crippen LogP contribution in [0.2, 0.25) is 0 Å². The smallest absolute Gasteiger partial charge is 0.286 e.